The van der Waals surface area contributed by atoms with Crippen molar-refractivity contribution < 1.29 is 14.3 Å². The van der Waals surface area contributed by atoms with Gasteiger partial charge in [0.2, 0.25) is 0 Å². The van der Waals surface area contributed by atoms with Crippen LogP contribution in [0.5, 0.6) is 11.5 Å². The van der Waals surface area contributed by atoms with E-state index in [4.69, 9.17) is 9.47 Å². The third-order valence-electron chi connectivity index (χ3n) is 4.04. The molecule has 5 nitrogen and oxygen atoms in total. The molecule has 28 heavy (non-hydrogen) atoms. The van der Waals surface area contributed by atoms with Gasteiger partial charge in [-0.05, 0) is 60.4 Å². The van der Waals surface area contributed by atoms with Gasteiger partial charge in [-0.25, -0.2) is 0 Å². The highest BCUT2D eigenvalue weighted by Gasteiger charge is 2.10. The summed E-state index contributed by atoms with van der Waals surface area (Å²) in [5.74, 6) is 1.11. The van der Waals surface area contributed by atoms with Crippen molar-refractivity contribution in [1.82, 2.24) is 5.32 Å². The van der Waals surface area contributed by atoms with Gasteiger partial charge in [0.25, 0.3) is 5.91 Å². The lowest BCUT2D eigenvalue weighted by atomic mass is 10.0. The number of hydrogen-bond acceptors (Lipinski definition) is 4. The Kier molecular flexibility index (Phi) is 7.86. The fourth-order valence-corrected chi connectivity index (χ4v) is 2.64. The van der Waals surface area contributed by atoms with Crippen LogP contribution in [-0.2, 0) is 17.8 Å². The molecule has 0 saturated carbocycles. The normalized spacial score (nSPS) is 10.7. The molecule has 0 aromatic heterocycles. The average molecular weight is 376 g/mol. The lowest BCUT2D eigenvalue weighted by molar-refractivity contribution is -0.117. The van der Waals surface area contributed by atoms with Gasteiger partial charge in [-0.15, -0.1) is 6.58 Å². The van der Waals surface area contributed by atoms with Gasteiger partial charge in [0.05, 0.1) is 13.7 Å². The van der Waals surface area contributed by atoms with E-state index in [-0.39, 0.29) is 5.57 Å². The number of nitriles is 1. The van der Waals surface area contributed by atoms with E-state index in [0.29, 0.717) is 19.6 Å². The summed E-state index contributed by atoms with van der Waals surface area (Å²) in [7, 11) is 1.60. The van der Waals surface area contributed by atoms with Gasteiger partial charge in [0.15, 0.2) is 0 Å². The zero-order valence-electron chi connectivity index (χ0n) is 16.2. The van der Waals surface area contributed by atoms with Crippen molar-refractivity contribution in [2.45, 2.75) is 19.9 Å². The van der Waals surface area contributed by atoms with E-state index in [1.54, 1.807) is 19.3 Å². The molecule has 2 rings (SSSR count). The number of amides is 1. The van der Waals surface area contributed by atoms with Crippen molar-refractivity contribution >= 4 is 12.0 Å². The second kappa shape index (κ2) is 10.6. The molecule has 0 aliphatic rings. The number of hydrogen-bond donors (Lipinski definition) is 1. The molecule has 144 valence electrons. The highest BCUT2D eigenvalue weighted by Crippen LogP contribution is 2.22. The first-order valence-corrected chi connectivity index (χ1v) is 9.00. The highest BCUT2D eigenvalue weighted by atomic mass is 16.5. The molecule has 0 unspecified atom stereocenters. The molecule has 2 aromatic carbocycles. The number of ether oxygens (including phenoxy) is 2. The number of rotatable bonds is 9. The van der Waals surface area contributed by atoms with Gasteiger partial charge in [0.1, 0.15) is 23.1 Å². The Balaban J connectivity index is 2.13. The van der Waals surface area contributed by atoms with Crippen molar-refractivity contribution in [3.05, 3.63) is 77.4 Å². The smallest absolute Gasteiger partial charge is 0.262 e. The Morgan fingerprint density at radius 1 is 1.25 bits per heavy atom. The van der Waals surface area contributed by atoms with Crippen LogP contribution in [0.4, 0.5) is 0 Å². The van der Waals surface area contributed by atoms with Crippen LogP contribution in [0, 0.1) is 11.3 Å². The number of carbonyl (C=O) groups excluding carboxylic acids is 1. The van der Waals surface area contributed by atoms with Gasteiger partial charge < -0.3 is 14.8 Å². The zero-order valence-corrected chi connectivity index (χ0v) is 16.2. The van der Waals surface area contributed by atoms with Crippen LogP contribution >= 0.6 is 0 Å². The second-order valence-corrected chi connectivity index (χ2v) is 5.99. The predicted octanol–water partition coefficient (Wildman–Crippen LogP) is 4.05. The minimum Gasteiger partial charge on any atom is -0.497 e. The molecule has 0 heterocycles. The maximum Gasteiger partial charge on any atom is 0.262 e. The maximum absolute atomic E-state index is 12.4. The molecule has 1 amide bonds. The van der Waals surface area contributed by atoms with E-state index in [1.807, 2.05) is 55.5 Å². The number of carbonyl (C=O) groups is 1. The Morgan fingerprint density at radius 2 is 2.00 bits per heavy atom. The third kappa shape index (κ3) is 5.75. The first-order valence-electron chi connectivity index (χ1n) is 9.00. The molecule has 0 fully saturated rings. The third-order valence-corrected chi connectivity index (χ3v) is 4.04. The predicted molar refractivity (Wildman–Crippen MR) is 110 cm³/mol. The van der Waals surface area contributed by atoms with Crippen molar-refractivity contribution in [3.63, 3.8) is 0 Å². The Bertz CT molecular complexity index is 893. The summed E-state index contributed by atoms with van der Waals surface area (Å²) >= 11 is 0. The molecular weight excluding hydrogens is 352 g/mol. The Morgan fingerprint density at radius 3 is 2.61 bits per heavy atom. The SMILES string of the molecule is C=CCc1cc(/C=C(/C#N)C(=O)NCc2ccc(OC)cc2)ccc1OCC. The fraction of sp³-hybridized carbons (Fsp3) is 0.217. The summed E-state index contributed by atoms with van der Waals surface area (Å²) in [6.07, 6.45) is 4.01. The topological polar surface area (TPSA) is 71.4 Å². The average Bonchev–Trinajstić information content (AvgIpc) is 2.72. The van der Waals surface area contributed by atoms with Crippen molar-refractivity contribution in [2.75, 3.05) is 13.7 Å². The largest absolute Gasteiger partial charge is 0.497 e. The molecule has 0 aliphatic heterocycles. The molecule has 1 N–H and O–H groups in total. The van der Waals surface area contributed by atoms with Crippen LogP contribution < -0.4 is 14.8 Å². The summed E-state index contributed by atoms with van der Waals surface area (Å²) in [5, 5.41) is 12.2. The van der Waals surface area contributed by atoms with Gasteiger partial charge in [-0.1, -0.05) is 24.3 Å². The number of allylic oxidation sites excluding steroid dienone is 1. The van der Waals surface area contributed by atoms with Gasteiger partial charge in [-0.3, -0.25) is 4.79 Å². The van der Waals surface area contributed by atoms with Crippen molar-refractivity contribution in [1.29, 1.82) is 5.26 Å². The Labute approximate surface area is 165 Å². The van der Waals surface area contributed by atoms with Crippen LogP contribution in [-0.4, -0.2) is 19.6 Å². The van der Waals surface area contributed by atoms with Gasteiger partial charge >= 0.3 is 0 Å². The number of nitrogens with zero attached hydrogens (tertiary/aromatic N) is 1. The molecule has 0 spiro atoms. The first kappa shape index (κ1) is 20.8. The number of benzene rings is 2. The number of methoxy groups -OCH3 is 1. The van der Waals surface area contributed by atoms with E-state index in [1.165, 1.54) is 0 Å². The summed E-state index contributed by atoms with van der Waals surface area (Å²) in [6.45, 7) is 6.58. The second-order valence-electron chi connectivity index (χ2n) is 5.99. The minimum absolute atomic E-state index is 0.0437. The molecular formula is C23H24N2O3. The van der Waals surface area contributed by atoms with E-state index >= 15 is 0 Å². The zero-order chi connectivity index (χ0) is 20.4. The highest BCUT2D eigenvalue weighted by molar-refractivity contribution is 6.01. The molecule has 0 saturated heterocycles. The molecule has 0 bridgehead atoms. The molecule has 0 atom stereocenters. The molecule has 2 aromatic rings. The lowest BCUT2D eigenvalue weighted by Gasteiger charge is -2.10. The van der Waals surface area contributed by atoms with Crippen LogP contribution in [0.1, 0.15) is 23.6 Å². The minimum atomic E-state index is -0.419. The van der Waals surface area contributed by atoms with Crippen molar-refractivity contribution in [2.24, 2.45) is 0 Å². The van der Waals surface area contributed by atoms with Crippen LogP contribution in [0.3, 0.4) is 0 Å². The van der Waals surface area contributed by atoms with E-state index in [9.17, 15) is 10.1 Å². The summed E-state index contributed by atoms with van der Waals surface area (Å²) < 4.78 is 10.7. The van der Waals surface area contributed by atoms with Gasteiger partial charge in [-0.2, -0.15) is 5.26 Å². The van der Waals surface area contributed by atoms with Crippen molar-refractivity contribution in [3.8, 4) is 17.6 Å². The summed E-state index contributed by atoms with van der Waals surface area (Å²) in [6, 6.07) is 14.9. The molecule has 5 heteroatoms. The van der Waals surface area contributed by atoms with Crippen LogP contribution in [0.2, 0.25) is 0 Å². The van der Waals surface area contributed by atoms with E-state index in [0.717, 1.165) is 28.2 Å². The first-order chi connectivity index (χ1) is 13.6. The molecule has 0 radical (unpaired) electrons. The monoisotopic (exact) mass is 376 g/mol. The number of nitrogens with one attached hydrogen (secondary N) is 1. The lowest BCUT2D eigenvalue weighted by Crippen LogP contribution is -2.23. The molecule has 0 aliphatic carbocycles. The van der Waals surface area contributed by atoms with Crippen LogP contribution in [0.25, 0.3) is 6.08 Å². The maximum atomic E-state index is 12.4. The van der Waals surface area contributed by atoms with E-state index in [2.05, 4.69) is 11.9 Å². The summed E-state index contributed by atoms with van der Waals surface area (Å²) in [4.78, 5) is 12.4. The van der Waals surface area contributed by atoms with E-state index < -0.39 is 5.91 Å². The fourth-order valence-electron chi connectivity index (χ4n) is 2.64. The van der Waals surface area contributed by atoms with Crippen LogP contribution in [0.15, 0.2) is 60.7 Å². The Hall–Kier alpha value is -3.52. The van der Waals surface area contributed by atoms with Gasteiger partial charge in [0, 0.05) is 6.54 Å². The quantitative estimate of drug-likeness (QED) is 0.407. The standard InChI is InChI=1S/C23H24N2O3/c1-4-6-19-13-18(9-12-22(19)28-5-2)14-20(15-24)23(26)25-16-17-7-10-21(27-3)11-8-17/h4,7-14H,1,5-6,16H2,2-3H3,(H,25,26)/b20-14-. The summed E-state index contributed by atoms with van der Waals surface area (Å²) in [5.41, 5.74) is 2.68.